The lowest BCUT2D eigenvalue weighted by Crippen LogP contribution is -2.59. The third-order valence-electron chi connectivity index (χ3n) is 4.59. The van der Waals surface area contributed by atoms with Gasteiger partial charge in [-0.25, -0.2) is 0 Å². The number of likely N-dealkylation sites (N-methyl/N-ethyl adjacent to an activating group) is 1. The zero-order valence-electron chi connectivity index (χ0n) is 11.7. The summed E-state index contributed by atoms with van der Waals surface area (Å²) >= 11 is 1.77. The zero-order chi connectivity index (χ0) is 13.0. The topological polar surface area (TPSA) is 29.3 Å². The van der Waals surface area contributed by atoms with Crippen molar-refractivity contribution >= 4 is 11.3 Å². The fourth-order valence-corrected chi connectivity index (χ4v) is 4.30. The van der Waals surface area contributed by atoms with E-state index in [1.165, 1.54) is 31.2 Å². The molecule has 102 valence electrons. The largest absolute Gasteiger partial charge is 0.326 e. The Morgan fingerprint density at radius 1 is 1.33 bits per heavy atom. The van der Waals surface area contributed by atoms with Crippen LogP contribution in [0.25, 0.3) is 0 Å². The number of hydrogen-bond acceptors (Lipinski definition) is 3. The average Bonchev–Trinajstić information content (AvgIpc) is 3.02. The lowest BCUT2D eigenvalue weighted by molar-refractivity contribution is 0.0772. The Hall–Kier alpha value is -0.380. The van der Waals surface area contributed by atoms with E-state index in [-0.39, 0.29) is 11.6 Å². The van der Waals surface area contributed by atoms with E-state index in [9.17, 15) is 0 Å². The number of rotatable bonds is 6. The molecule has 1 aromatic heterocycles. The Balaban J connectivity index is 2.13. The summed E-state index contributed by atoms with van der Waals surface area (Å²) in [4.78, 5) is 2.61. The van der Waals surface area contributed by atoms with Crippen LogP contribution in [0.15, 0.2) is 16.8 Å². The summed E-state index contributed by atoms with van der Waals surface area (Å²) in [6, 6.07) is 2.49. The first-order valence-corrected chi connectivity index (χ1v) is 8.19. The first kappa shape index (κ1) is 14.0. The van der Waals surface area contributed by atoms with Crippen molar-refractivity contribution in [2.24, 2.45) is 5.73 Å². The van der Waals surface area contributed by atoms with Gasteiger partial charge in [0, 0.05) is 11.6 Å². The molecule has 0 saturated heterocycles. The molecule has 2 N–H and O–H groups in total. The summed E-state index contributed by atoms with van der Waals surface area (Å²) in [6.45, 7) is 6.77. The maximum Gasteiger partial charge on any atom is 0.0363 e. The van der Waals surface area contributed by atoms with Crippen LogP contribution in [0.2, 0.25) is 0 Å². The molecule has 1 aromatic rings. The van der Waals surface area contributed by atoms with E-state index in [0.29, 0.717) is 0 Å². The normalized spacial score (nSPS) is 20.4. The Labute approximate surface area is 115 Å². The van der Waals surface area contributed by atoms with Gasteiger partial charge in [0.25, 0.3) is 0 Å². The summed E-state index contributed by atoms with van der Waals surface area (Å²) in [5, 5.41) is 4.39. The maximum atomic E-state index is 6.62. The van der Waals surface area contributed by atoms with E-state index in [4.69, 9.17) is 5.73 Å². The predicted molar refractivity (Wildman–Crippen MR) is 80.1 cm³/mol. The van der Waals surface area contributed by atoms with Gasteiger partial charge in [-0.2, -0.15) is 11.3 Å². The quantitative estimate of drug-likeness (QED) is 0.856. The first-order valence-electron chi connectivity index (χ1n) is 7.24. The van der Waals surface area contributed by atoms with Crippen molar-refractivity contribution < 1.29 is 0 Å². The molecule has 0 spiro atoms. The fraction of sp³-hybridized carbons (Fsp3) is 0.733. The maximum absolute atomic E-state index is 6.62. The summed E-state index contributed by atoms with van der Waals surface area (Å²) in [6.07, 6.45) is 6.27. The lowest BCUT2D eigenvalue weighted by Gasteiger charge is -2.45. The predicted octanol–water partition coefficient (Wildman–Crippen LogP) is 3.27. The average molecular weight is 266 g/mol. The van der Waals surface area contributed by atoms with Crippen LogP contribution in [-0.2, 0) is 6.42 Å². The van der Waals surface area contributed by atoms with Gasteiger partial charge in [0.2, 0.25) is 0 Å². The number of thiophene rings is 1. The molecule has 0 bridgehead atoms. The standard InChI is InChI=1S/C15H26N2S/c1-3-17(4-2)15(8-5-6-9-15)14(16)11-13-7-10-18-12-13/h7,10,12,14H,3-6,8-9,11,16H2,1-2H3. The molecule has 1 unspecified atom stereocenters. The molecule has 1 aliphatic rings. The molecule has 3 heteroatoms. The molecule has 0 aromatic carbocycles. The molecule has 0 aliphatic heterocycles. The third-order valence-corrected chi connectivity index (χ3v) is 5.32. The van der Waals surface area contributed by atoms with E-state index < -0.39 is 0 Å². The lowest BCUT2D eigenvalue weighted by atomic mass is 9.83. The minimum atomic E-state index is 0.255. The number of nitrogens with zero attached hydrogens (tertiary/aromatic N) is 1. The van der Waals surface area contributed by atoms with Gasteiger partial charge in [0.1, 0.15) is 0 Å². The van der Waals surface area contributed by atoms with Crippen molar-refractivity contribution in [3.63, 3.8) is 0 Å². The highest BCUT2D eigenvalue weighted by Crippen LogP contribution is 2.38. The molecule has 1 fully saturated rings. The smallest absolute Gasteiger partial charge is 0.0363 e. The van der Waals surface area contributed by atoms with Gasteiger partial charge in [0.15, 0.2) is 0 Å². The summed E-state index contributed by atoms with van der Waals surface area (Å²) in [5.41, 5.74) is 8.28. The second-order valence-electron chi connectivity index (χ2n) is 5.43. The van der Waals surface area contributed by atoms with Gasteiger partial charge in [-0.3, -0.25) is 4.90 Å². The highest BCUT2D eigenvalue weighted by atomic mass is 32.1. The van der Waals surface area contributed by atoms with Crippen molar-refractivity contribution in [3.05, 3.63) is 22.4 Å². The third kappa shape index (κ3) is 2.63. The minimum absolute atomic E-state index is 0.255. The van der Waals surface area contributed by atoms with E-state index in [1.807, 2.05) is 0 Å². The Bertz CT molecular complexity index is 337. The van der Waals surface area contributed by atoms with Crippen molar-refractivity contribution in [2.75, 3.05) is 13.1 Å². The molecular formula is C15H26N2S. The second kappa shape index (κ2) is 6.18. The SMILES string of the molecule is CCN(CC)C1(C(N)Cc2ccsc2)CCCC1. The van der Waals surface area contributed by atoms with Gasteiger partial charge >= 0.3 is 0 Å². The molecule has 1 aliphatic carbocycles. The molecule has 1 saturated carbocycles. The highest BCUT2D eigenvalue weighted by Gasteiger charge is 2.43. The van der Waals surface area contributed by atoms with Crippen LogP contribution in [-0.4, -0.2) is 29.6 Å². The minimum Gasteiger partial charge on any atom is -0.326 e. The molecule has 2 rings (SSSR count). The first-order chi connectivity index (χ1) is 8.73. The number of nitrogens with two attached hydrogens (primary N) is 1. The Morgan fingerprint density at radius 3 is 2.50 bits per heavy atom. The van der Waals surface area contributed by atoms with Crippen LogP contribution in [0.3, 0.4) is 0 Å². The zero-order valence-corrected chi connectivity index (χ0v) is 12.5. The van der Waals surface area contributed by atoms with Gasteiger partial charge in [-0.1, -0.05) is 26.7 Å². The Kier molecular flexibility index (Phi) is 4.82. The van der Waals surface area contributed by atoms with Gasteiger partial charge in [0.05, 0.1) is 0 Å². The van der Waals surface area contributed by atoms with Crippen LogP contribution in [0.1, 0.15) is 45.1 Å². The molecule has 2 nitrogen and oxygen atoms in total. The molecule has 1 atom stereocenters. The monoisotopic (exact) mass is 266 g/mol. The molecule has 1 heterocycles. The summed E-state index contributed by atoms with van der Waals surface area (Å²) < 4.78 is 0. The van der Waals surface area contributed by atoms with Crippen LogP contribution in [0, 0.1) is 0 Å². The summed E-state index contributed by atoms with van der Waals surface area (Å²) in [5.74, 6) is 0. The van der Waals surface area contributed by atoms with E-state index in [2.05, 4.69) is 35.6 Å². The molecular weight excluding hydrogens is 240 g/mol. The van der Waals surface area contributed by atoms with Crippen molar-refractivity contribution in [1.82, 2.24) is 4.90 Å². The van der Waals surface area contributed by atoms with Crippen molar-refractivity contribution in [2.45, 2.75) is 57.5 Å². The number of hydrogen-bond donors (Lipinski definition) is 1. The van der Waals surface area contributed by atoms with Crippen molar-refractivity contribution in [1.29, 1.82) is 0 Å². The van der Waals surface area contributed by atoms with Crippen molar-refractivity contribution in [3.8, 4) is 0 Å². The van der Waals surface area contributed by atoms with E-state index in [1.54, 1.807) is 11.3 Å². The molecule has 18 heavy (non-hydrogen) atoms. The highest BCUT2D eigenvalue weighted by molar-refractivity contribution is 7.07. The van der Waals surface area contributed by atoms with Crippen LogP contribution >= 0.6 is 11.3 Å². The molecule has 0 amide bonds. The van der Waals surface area contributed by atoms with Crippen LogP contribution in [0.4, 0.5) is 0 Å². The second-order valence-corrected chi connectivity index (χ2v) is 6.21. The van der Waals surface area contributed by atoms with Gasteiger partial charge in [-0.05, 0) is 54.7 Å². The molecule has 0 radical (unpaired) electrons. The van der Waals surface area contributed by atoms with Gasteiger partial charge in [-0.15, -0.1) is 0 Å². The summed E-state index contributed by atoms with van der Waals surface area (Å²) in [7, 11) is 0. The Morgan fingerprint density at radius 2 is 2.00 bits per heavy atom. The van der Waals surface area contributed by atoms with Crippen LogP contribution < -0.4 is 5.73 Å². The van der Waals surface area contributed by atoms with Gasteiger partial charge < -0.3 is 5.73 Å². The van der Waals surface area contributed by atoms with E-state index >= 15 is 0 Å². The van der Waals surface area contributed by atoms with Crippen LogP contribution in [0.5, 0.6) is 0 Å². The fourth-order valence-electron chi connectivity index (χ4n) is 3.61. The van der Waals surface area contributed by atoms with E-state index in [0.717, 1.165) is 19.5 Å².